The number of hydrogen-bond donors (Lipinski definition) is 3. The number of benzene rings is 1. The Kier molecular flexibility index (Phi) is 3.24. The molecule has 0 aromatic heterocycles. The summed E-state index contributed by atoms with van der Waals surface area (Å²) in [5, 5.41) is 17.0. The molecule has 4 nitrogen and oxygen atoms in total. The van der Waals surface area contributed by atoms with E-state index in [2.05, 4.69) is 4.65 Å². The van der Waals surface area contributed by atoms with Crippen LogP contribution in [0.15, 0.2) is 18.2 Å². The first-order chi connectivity index (χ1) is 6.13. The van der Waals surface area contributed by atoms with Gasteiger partial charge in [-0.05, 0) is 18.2 Å². The van der Waals surface area contributed by atoms with Crippen LogP contribution >= 0.6 is 0 Å². The molecule has 0 unspecified atom stereocenters. The Morgan fingerprint density at radius 1 is 1.46 bits per heavy atom. The van der Waals surface area contributed by atoms with Gasteiger partial charge >= 0.3 is 7.32 Å². The summed E-state index contributed by atoms with van der Waals surface area (Å²) >= 11 is 0. The Morgan fingerprint density at radius 3 is 2.69 bits per heavy atom. The molecule has 13 heavy (non-hydrogen) atoms. The van der Waals surface area contributed by atoms with Gasteiger partial charge in [-0.2, -0.15) is 0 Å². The smallest absolute Gasteiger partial charge is 0.512 e. The highest BCUT2D eigenvalue weighted by Gasteiger charge is 2.13. The molecule has 0 radical (unpaired) electrons. The van der Waals surface area contributed by atoms with Gasteiger partial charge in [-0.25, -0.2) is 4.39 Å². The molecule has 4 N–H and O–H groups in total. The zero-order chi connectivity index (χ0) is 9.84. The molecule has 0 fully saturated rings. The quantitative estimate of drug-likeness (QED) is 0.561. The molecule has 0 heterocycles. The van der Waals surface area contributed by atoms with Crippen LogP contribution in [0.2, 0.25) is 0 Å². The Hall–Kier alpha value is -1.11. The fraction of sp³-hybridized carbons (Fsp3) is 0.143. The van der Waals surface area contributed by atoms with Gasteiger partial charge in [0.05, 0.1) is 0 Å². The van der Waals surface area contributed by atoms with E-state index in [4.69, 9.17) is 15.8 Å². The van der Waals surface area contributed by atoms with Crippen LogP contribution in [-0.4, -0.2) is 17.4 Å². The molecule has 0 aliphatic carbocycles. The SMILES string of the molecule is NCc1cc(F)ccc1OB(O)O. The van der Waals surface area contributed by atoms with Gasteiger partial charge in [0.25, 0.3) is 0 Å². The predicted octanol–water partition coefficient (Wildman–Crippen LogP) is -0.367. The highest BCUT2D eigenvalue weighted by atomic mass is 19.1. The van der Waals surface area contributed by atoms with Crippen LogP contribution in [0, 0.1) is 5.82 Å². The largest absolute Gasteiger partial charge is 0.707 e. The number of nitrogens with two attached hydrogens (primary N) is 1. The molecule has 0 spiro atoms. The van der Waals surface area contributed by atoms with Crippen LogP contribution in [0.5, 0.6) is 5.75 Å². The Bertz CT molecular complexity index is 295. The lowest BCUT2D eigenvalue weighted by Gasteiger charge is -2.08. The predicted molar refractivity (Wildman–Crippen MR) is 45.1 cm³/mol. The summed E-state index contributed by atoms with van der Waals surface area (Å²) in [5.74, 6) is -0.279. The van der Waals surface area contributed by atoms with Crippen molar-refractivity contribution in [1.29, 1.82) is 0 Å². The second-order valence-corrected chi connectivity index (χ2v) is 2.40. The average molecular weight is 185 g/mol. The zero-order valence-electron chi connectivity index (χ0n) is 6.77. The first-order valence-electron chi connectivity index (χ1n) is 3.65. The zero-order valence-corrected chi connectivity index (χ0v) is 6.77. The number of rotatable bonds is 3. The normalized spacial score (nSPS) is 9.85. The van der Waals surface area contributed by atoms with Crippen molar-refractivity contribution in [2.45, 2.75) is 6.54 Å². The van der Waals surface area contributed by atoms with Gasteiger partial charge in [-0.15, -0.1) is 0 Å². The minimum atomic E-state index is -1.92. The topological polar surface area (TPSA) is 75.7 Å². The van der Waals surface area contributed by atoms with Crippen LogP contribution in [0.1, 0.15) is 5.56 Å². The maximum atomic E-state index is 12.6. The molecule has 0 atom stereocenters. The molecular weight excluding hydrogens is 176 g/mol. The second-order valence-electron chi connectivity index (χ2n) is 2.40. The summed E-state index contributed by atoms with van der Waals surface area (Å²) in [6.07, 6.45) is 0. The fourth-order valence-corrected chi connectivity index (χ4v) is 0.936. The third-order valence-corrected chi connectivity index (χ3v) is 1.47. The molecule has 0 saturated carbocycles. The standard InChI is InChI=1S/C7H9BFNO3/c9-6-1-2-7(13-8(11)12)5(3-6)4-10/h1-3,11-12H,4,10H2. The summed E-state index contributed by atoms with van der Waals surface area (Å²) in [4.78, 5) is 0. The van der Waals surface area contributed by atoms with Crippen LogP contribution in [0.25, 0.3) is 0 Å². The van der Waals surface area contributed by atoms with Gasteiger partial charge in [0.1, 0.15) is 11.6 Å². The van der Waals surface area contributed by atoms with E-state index in [9.17, 15) is 4.39 Å². The van der Waals surface area contributed by atoms with Gasteiger partial charge in [0.2, 0.25) is 0 Å². The third-order valence-electron chi connectivity index (χ3n) is 1.47. The number of hydrogen-bond acceptors (Lipinski definition) is 4. The molecule has 70 valence electrons. The van der Waals surface area contributed by atoms with E-state index in [0.29, 0.717) is 5.56 Å². The van der Waals surface area contributed by atoms with E-state index in [1.54, 1.807) is 0 Å². The van der Waals surface area contributed by atoms with Crippen molar-refractivity contribution in [2.75, 3.05) is 0 Å². The summed E-state index contributed by atoms with van der Waals surface area (Å²) in [6.45, 7) is 0.0693. The maximum Gasteiger partial charge on any atom is 0.707 e. The molecule has 1 aromatic carbocycles. The summed E-state index contributed by atoms with van der Waals surface area (Å²) in [6, 6.07) is 3.62. The molecule has 0 saturated heterocycles. The van der Waals surface area contributed by atoms with Crippen molar-refractivity contribution in [1.82, 2.24) is 0 Å². The van der Waals surface area contributed by atoms with Gasteiger partial charge < -0.3 is 20.4 Å². The van der Waals surface area contributed by atoms with Crippen molar-refractivity contribution in [3.8, 4) is 5.75 Å². The van der Waals surface area contributed by atoms with E-state index in [1.807, 2.05) is 0 Å². The van der Waals surface area contributed by atoms with Crippen molar-refractivity contribution >= 4 is 7.32 Å². The summed E-state index contributed by atoms with van der Waals surface area (Å²) in [7, 11) is -1.92. The van der Waals surface area contributed by atoms with Crippen molar-refractivity contribution in [2.24, 2.45) is 5.73 Å². The van der Waals surface area contributed by atoms with Gasteiger partial charge in [0.15, 0.2) is 0 Å². The Labute approximate surface area is 74.9 Å². The molecule has 0 aliphatic heterocycles. The van der Waals surface area contributed by atoms with Crippen molar-refractivity contribution < 1.29 is 19.1 Å². The Balaban J connectivity index is 2.92. The molecule has 1 rings (SSSR count). The van der Waals surface area contributed by atoms with Crippen LogP contribution in [0.3, 0.4) is 0 Å². The lowest BCUT2D eigenvalue weighted by Crippen LogP contribution is -2.21. The molecule has 0 bridgehead atoms. The van der Waals surface area contributed by atoms with Crippen molar-refractivity contribution in [3.63, 3.8) is 0 Å². The first kappa shape index (κ1) is 9.98. The van der Waals surface area contributed by atoms with Crippen LogP contribution in [-0.2, 0) is 6.54 Å². The average Bonchev–Trinajstić information content (AvgIpc) is 2.07. The van der Waals surface area contributed by atoms with Gasteiger partial charge in [-0.1, -0.05) is 0 Å². The monoisotopic (exact) mass is 185 g/mol. The highest BCUT2D eigenvalue weighted by Crippen LogP contribution is 2.18. The first-order valence-corrected chi connectivity index (χ1v) is 3.65. The third kappa shape index (κ3) is 2.69. The molecule has 0 amide bonds. The van der Waals surface area contributed by atoms with Crippen molar-refractivity contribution in [3.05, 3.63) is 29.6 Å². The molecular formula is C7H9BFNO3. The Morgan fingerprint density at radius 2 is 2.15 bits per heavy atom. The molecule has 0 aliphatic rings. The molecule has 6 heteroatoms. The lowest BCUT2D eigenvalue weighted by molar-refractivity contribution is 0.286. The van der Waals surface area contributed by atoms with E-state index in [-0.39, 0.29) is 12.3 Å². The van der Waals surface area contributed by atoms with E-state index in [0.717, 1.165) is 6.07 Å². The van der Waals surface area contributed by atoms with E-state index >= 15 is 0 Å². The molecule has 1 aromatic rings. The van der Waals surface area contributed by atoms with Gasteiger partial charge in [-0.3, -0.25) is 0 Å². The fourth-order valence-electron chi connectivity index (χ4n) is 0.936. The number of halogens is 1. The summed E-state index contributed by atoms with van der Waals surface area (Å²) < 4.78 is 17.2. The second kappa shape index (κ2) is 4.22. The minimum Gasteiger partial charge on any atom is -0.512 e. The van der Waals surface area contributed by atoms with Gasteiger partial charge in [0, 0.05) is 12.1 Å². The lowest BCUT2D eigenvalue weighted by atomic mass is 10.1. The van der Waals surface area contributed by atoms with Crippen LogP contribution < -0.4 is 10.4 Å². The van der Waals surface area contributed by atoms with Crippen LogP contribution in [0.4, 0.5) is 4.39 Å². The minimum absolute atomic E-state index is 0.0693. The summed E-state index contributed by atoms with van der Waals surface area (Å²) in [5.41, 5.74) is 5.67. The maximum absolute atomic E-state index is 12.6. The van der Waals surface area contributed by atoms with E-state index in [1.165, 1.54) is 12.1 Å². The highest BCUT2D eigenvalue weighted by molar-refractivity contribution is 6.33. The van der Waals surface area contributed by atoms with E-state index < -0.39 is 13.1 Å².